The zero-order valence-electron chi connectivity index (χ0n) is 12.4. The monoisotopic (exact) mass is 252 g/mol. The van der Waals surface area contributed by atoms with Gasteiger partial charge in [0.1, 0.15) is 5.54 Å². The van der Waals surface area contributed by atoms with E-state index < -0.39 is 0 Å². The Kier molecular flexibility index (Phi) is 5.62. The first-order valence-electron chi connectivity index (χ1n) is 7.11. The standard InChI is InChI=1S/C15H28N2O/c1-14(2,3)9-11-18-10-7-13-6-5-8-15(13,12-16)17-4/h13,17H,5-11H2,1-4H3. The molecule has 3 heteroatoms. The molecule has 0 bridgehead atoms. The highest BCUT2D eigenvalue weighted by Gasteiger charge is 2.41. The van der Waals surface area contributed by atoms with Crippen molar-refractivity contribution < 1.29 is 4.74 Å². The van der Waals surface area contributed by atoms with Gasteiger partial charge in [-0.3, -0.25) is 0 Å². The van der Waals surface area contributed by atoms with E-state index in [0.29, 0.717) is 11.3 Å². The summed E-state index contributed by atoms with van der Waals surface area (Å²) in [5.41, 5.74) is 0.0438. The molecule has 18 heavy (non-hydrogen) atoms. The van der Waals surface area contributed by atoms with Crippen molar-refractivity contribution in [1.29, 1.82) is 5.26 Å². The van der Waals surface area contributed by atoms with Gasteiger partial charge in [0, 0.05) is 13.2 Å². The van der Waals surface area contributed by atoms with E-state index in [2.05, 4.69) is 32.2 Å². The molecule has 1 fully saturated rings. The Morgan fingerprint density at radius 1 is 1.39 bits per heavy atom. The van der Waals surface area contributed by atoms with Gasteiger partial charge in [-0.25, -0.2) is 0 Å². The summed E-state index contributed by atoms with van der Waals surface area (Å²) >= 11 is 0. The van der Waals surface area contributed by atoms with Crippen LogP contribution in [0.3, 0.4) is 0 Å². The number of hydrogen-bond acceptors (Lipinski definition) is 3. The molecule has 0 aromatic carbocycles. The quantitative estimate of drug-likeness (QED) is 0.739. The maximum atomic E-state index is 9.34. The van der Waals surface area contributed by atoms with Gasteiger partial charge in [0.15, 0.2) is 0 Å². The Bertz CT molecular complexity index is 290. The molecule has 0 radical (unpaired) electrons. The molecule has 0 heterocycles. The molecule has 1 saturated carbocycles. The number of hydrogen-bond donors (Lipinski definition) is 1. The van der Waals surface area contributed by atoms with Gasteiger partial charge in [0.05, 0.1) is 6.07 Å². The fraction of sp³-hybridized carbons (Fsp3) is 0.933. The van der Waals surface area contributed by atoms with Crippen molar-refractivity contribution in [2.24, 2.45) is 11.3 Å². The maximum Gasteiger partial charge on any atom is 0.109 e. The lowest BCUT2D eigenvalue weighted by Crippen LogP contribution is -2.45. The van der Waals surface area contributed by atoms with Gasteiger partial charge < -0.3 is 10.1 Å². The fourth-order valence-corrected chi connectivity index (χ4v) is 2.71. The first-order valence-corrected chi connectivity index (χ1v) is 7.11. The minimum Gasteiger partial charge on any atom is -0.381 e. The van der Waals surface area contributed by atoms with Crippen molar-refractivity contribution in [2.45, 2.75) is 58.4 Å². The Hall–Kier alpha value is -0.590. The molecular weight excluding hydrogens is 224 g/mol. The summed E-state index contributed by atoms with van der Waals surface area (Å²) in [6, 6.07) is 2.48. The van der Waals surface area contributed by atoms with Crippen molar-refractivity contribution in [3.63, 3.8) is 0 Å². The number of nitrogens with zero attached hydrogens (tertiary/aromatic N) is 1. The molecule has 0 saturated heterocycles. The molecule has 0 amide bonds. The SMILES string of the molecule is CNC1(C#N)CCCC1CCOCCC(C)(C)C. The largest absolute Gasteiger partial charge is 0.381 e. The van der Waals surface area contributed by atoms with Crippen molar-refractivity contribution in [1.82, 2.24) is 5.32 Å². The molecule has 0 aliphatic heterocycles. The third-order valence-electron chi connectivity index (χ3n) is 4.07. The third kappa shape index (κ3) is 4.26. The normalized spacial score (nSPS) is 28.3. The van der Waals surface area contributed by atoms with Crippen molar-refractivity contribution in [3.8, 4) is 6.07 Å². The van der Waals surface area contributed by atoms with Gasteiger partial charge in [-0.1, -0.05) is 27.2 Å². The second-order valence-electron chi connectivity index (χ2n) is 6.63. The van der Waals surface area contributed by atoms with Gasteiger partial charge in [-0.2, -0.15) is 5.26 Å². The minimum atomic E-state index is -0.298. The first-order chi connectivity index (χ1) is 8.43. The molecule has 1 rings (SSSR count). The van der Waals surface area contributed by atoms with E-state index in [-0.39, 0.29) is 5.54 Å². The Morgan fingerprint density at radius 2 is 2.11 bits per heavy atom. The average molecular weight is 252 g/mol. The number of nitrogens with one attached hydrogen (secondary N) is 1. The summed E-state index contributed by atoms with van der Waals surface area (Å²) in [6.45, 7) is 8.31. The van der Waals surface area contributed by atoms with Gasteiger partial charge in [0.2, 0.25) is 0 Å². The van der Waals surface area contributed by atoms with Crippen LogP contribution >= 0.6 is 0 Å². The van der Waals surface area contributed by atoms with Crippen LogP contribution in [-0.2, 0) is 4.74 Å². The zero-order valence-corrected chi connectivity index (χ0v) is 12.4. The van der Waals surface area contributed by atoms with E-state index in [1.165, 1.54) is 0 Å². The van der Waals surface area contributed by atoms with Crippen molar-refractivity contribution in [2.75, 3.05) is 20.3 Å². The smallest absolute Gasteiger partial charge is 0.109 e. The predicted octanol–water partition coefficient (Wildman–Crippen LogP) is 3.11. The van der Waals surface area contributed by atoms with Crippen LogP contribution in [0.2, 0.25) is 0 Å². The van der Waals surface area contributed by atoms with Crippen molar-refractivity contribution in [3.05, 3.63) is 0 Å². The lowest BCUT2D eigenvalue weighted by atomic mass is 9.86. The van der Waals surface area contributed by atoms with E-state index in [4.69, 9.17) is 4.74 Å². The fourth-order valence-electron chi connectivity index (χ4n) is 2.71. The Labute approximate surface area is 112 Å². The highest BCUT2D eigenvalue weighted by Crippen LogP contribution is 2.37. The van der Waals surface area contributed by atoms with Crippen LogP contribution < -0.4 is 5.32 Å². The van der Waals surface area contributed by atoms with Crippen LogP contribution in [0.1, 0.15) is 52.9 Å². The highest BCUT2D eigenvalue weighted by molar-refractivity contribution is 5.13. The predicted molar refractivity (Wildman–Crippen MR) is 74.3 cm³/mol. The molecule has 0 aromatic heterocycles. The van der Waals surface area contributed by atoms with E-state index in [0.717, 1.165) is 45.3 Å². The molecule has 1 aliphatic carbocycles. The van der Waals surface area contributed by atoms with Gasteiger partial charge >= 0.3 is 0 Å². The van der Waals surface area contributed by atoms with E-state index in [9.17, 15) is 5.26 Å². The van der Waals surface area contributed by atoms with Gasteiger partial charge in [-0.05, 0) is 44.1 Å². The second kappa shape index (κ2) is 6.54. The van der Waals surface area contributed by atoms with Gasteiger partial charge in [0.25, 0.3) is 0 Å². The lowest BCUT2D eigenvalue weighted by molar-refractivity contribution is 0.0914. The summed E-state index contributed by atoms with van der Waals surface area (Å²) < 4.78 is 5.72. The van der Waals surface area contributed by atoms with Crippen LogP contribution in [0.25, 0.3) is 0 Å². The summed E-state index contributed by atoms with van der Waals surface area (Å²) in [4.78, 5) is 0. The summed E-state index contributed by atoms with van der Waals surface area (Å²) in [5.74, 6) is 0.446. The molecule has 1 aliphatic rings. The summed E-state index contributed by atoms with van der Waals surface area (Å²) in [6.07, 6.45) is 5.37. The zero-order chi connectivity index (χ0) is 13.6. The summed E-state index contributed by atoms with van der Waals surface area (Å²) in [5, 5.41) is 12.6. The molecule has 2 atom stereocenters. The molecular formula is C15H28N2O. The van der Waals surface area contributed by atoms with Crippen LogP contribution in [0, 0.1) is 22.7 Å². The number of rotatable bonds is 6. The minimum absolute atomic E-state index is 0.298. The van der Waals surface area contributed by atoms with Crippen LogP contribution in [0.4, 0.5) is 0 Å². The number of nitriles is 1. The second-order valence-corrected chi connectivity index (χ2v) is 6.63. The molecule has 3 nitrogen and oxygen atoms in total. The number of ether oxygens (including phenoxy) is 1. The Morgan fingerprint density at radius 3 is 2.67 bits per heavy atom. The highest BCUT2D eigenvalue weighted by atomic mass is 16.5. The van der Waals surface area contributed by atoms with E-state index in [1.54, 1.807) is 0 Å². The van der Waals surface area contributed by atoms with Crippen LogP contribution in [0.5, 0.6) is 0 Å². The van der Waals surface area contributed by atoms with E-state index in [1.807, 2.05) is 7.05 Å². The van der Waals surface area contributed by atoms with Crippen LogP contribution in [-0.4, -0.2) is 25.8 Å². The first kappa shape index (κ1) is 15.5. The van der Waals surface area contributed by atoms with Crippen molar-refractivity contribution >= 4 is 0 Å². The topological polar surface area (TPSA) is 45.0 Å². The summed E-state index contributed by atoms with van der Waals surface area (Å²) in [7, 11) is 1.90. The van der Waals surface area contributed by atoms with Gasteiger partial charge in [-0.15, -0.1) is 0 Å². The van der Waals surface area contributed by atoms with E-state index >= 15 is 0 Å². The molecule has 0 spiro atoms. The maximum absolute atomic E-state index is 9.34. The Balaban J connectivity index is 2.25. The molecule has 2 unspecified atom stereocenters. The molecule has 104 valence electrons. The molecule has 1 N–H and O–H groups in total. The lowest BCUT2D eigenvalue weighted by Gasteiger charge is -2.28. The average Bonchev–Trinajstić information content (AvgIpc) is 2.71. The molecule has 0 aromatic rings. The van der Waals surface area contributed by atoms with Crippen LogP contribution in [0.15, 0.2) is 0 Å². The third-order valence-corrected chi connectivity index (χ3v) is 4.07.